The van der Waals surface area contributed by atoms with Crippen LogP contribution in [0.25, 0.3) is 0 Å². The molecule has 0 bridgehead atoms. The third kappa shape index (κ3) is 4.63. The molecule has 0 heterocycles. The zero-order chi connectivity index (χ0) is 18.7. The Balaban J connectivity index is 2.16. The largest absolute Gasteiger partial charge is 0.458 e. The summed E-state index contributed by atoms with van der Waals surface area (Å²) in [6.45, 7) is 14.3. The van der Waals surface area contributed by atoms with E-state index in [1.165, 1.54) is 12.5 Å². The molecule has 0 amide bonds. The molecule has 0 radical (unpaired) electrons. The van der Waals surface area contributed by atoms with Gasteiger partial charge < -0.3 is 9.84 Å². The van der Waals surface area contributed by atoms with Gasteiger partial charge in [0.2, 0.25) is 0 Å². The standard InChI is InChI=1S/C22H34O3/c1-13(2)8-7-9-14(3)18-11-10-15(4)20-19(25-17(6)23)12-16(5)21(20)22(18)24/h8,12,14,18-22,24H,4,7,9-11H2,1-3,5-6H3. The summed E-state index contributed by atoms with van der Waals surface area (Å²) in [6, 6.07) is 0. The number of fused-ring (bicyclic) bond motifs is 1. The average molecular weight is 347 g/mol. The van der Waals surface area contributed by atoms with Gasteiger partial charge in [0.1, 0.15) is 6.10 Å². The van der Waals surface area contributed by atoms with Crippen LogP contribution in [0.2, 0.25) is 0 Å². The van der Waals surface area contributed by atoms with Gasteiger partial charge in [-0.2, -0.15) is 0 Å². The maximum atomic E-state index is 11.5. The van der Waals surface area contributed by atoms with Gasteiger partial charge in [0.15, 0.2) is 0 Å². The van der Waals surface area contributed by atoms with Gasteiger partial charge in [-0.1, -0.05) is 36.3 Å². The first-order valence-electron chi connectivity index (χ1n) is 9.57. The average Bonchev–Trinajstić information content (AvgIpc) is 2.74. The van der Waals surface area contributed by atoms with Crippen molar-refractivity contribution < 1.29 is 14.6 Å². The van der Waals surface area contributed by atoms with Crippen LogP contribution in [-0.4, -0.2) is 23.3 Å². The number of allylic oxidation sites excluding steroid dienone is 2. The van der Waals surface area contributed by atoms with Gasteiger partial charge in [0, 0.05) is 18.8 Å². The van der Waals surface area contributed by atoms with E-state index < -0.39 is 6.10 Å². The van der Waals surface area contributed by atoms with Crippen LogP contribution < -0.4 is 0 Å². The molecule has 1 fully saturated rings. The summed E-state index contributed by atoms with van der Waals surface area (Å²) < 4.78 is 5.52. The Morgan fingerprint density at radius 1 is 1.40 bits per heavy atom. The molecule has 2 aliphatic carbocycles. The normalized spacial score (nSPS) is 33.1. The lowest BCUT2D eigenvalue weighted by Gasteiger charge is -2.33. The monoisotopic (exact) mass is 346 g/mol. The molecule has 0 aromatic carbocycles. The number of esters is 1. The molecule has 1 N–H and O–H groups in total. The minimum Gasteiger partial charge on any atom is -0.458 e. The van der Waals surface area contributed by atoms with Crippen molar-refractivity contribution in [2.45, 2.75) is 72.5 Å². The molecule has 25 heavy (non-hydrogen) atoms. The van der Waals surface area contributed by atoms with Crippen molar-refractivity contribution in [3.63, 3.8) is 0 Å². The van der Waals surface area contributed by atoms with E-state index in [9.17, 15) is 9.90 Å². The highest BCUT2D eigenvalue weighted by Crippen LogP contribution is 2.48. The topological polar surface area (TPSA) is 46.5 Å². The van der Waals surface area contributed by atoms with Gasteiger partial charge in [0.05, 0.1) is 6.10 Å². The fraction of sp³-hybridized carbons (Fsp3) is 0.682. The molecular formula is C22H34O3. The van der Waals surface area contributed by atoms with E-state index in [1.807, 2.05) is 13.0 Å². The van der Waals surface area contributed by atoms with Crippen LogP contribution in [0.4, 0.5) is 0 Å². The maximum absolute atomic E-state index is 11.5. The van der Waals surface area contributed by atoms with Crippen molar-refractivity contribution in [3.8, 4) is 0 Å². The zero-order valence-corrected chi connectivity index (χ0v) is 16.4. The van der Waals surface area contributed by atoms with Gasteiger partial charge in [0.25, 0.3) is 0 Å². The first-order chi connectivity index (χ1) is 11.7. The lowest BCUT2D eigenvalue weighted by Crippen LogP contribution is -2.37. The van der Waals surface area contributed by atoms with E-state index in [2.05, 4.69) is 33.4 Å². The predicted octanol–water partition coefficient (Wildman–Crippen LogP) is 4.82. The number of aliphatic hydroxyl groups is 1. The van der Waals surface area contributed by atoms with Crippen molar-refractivity contribution in [2.24, 2.45) is 23.7 Å². The Morgan fingerprint density at radius 2 is 2.08 bits per heavy atom. The highest BCUT2D eigenvalue weighted by Gasteiger charge is 2.47. The Morgan fingerprint density at radius 3 is 2.68 bits per heavy atom. The van der Waals surface area contributed by atoms with Crippen LogP contribution in [-0.2, 0) is 9.53 Å². The van der Waals surface area contributed by atoms with Crippen molar-refractivity contribution >= 4 is 5.97 Å². The molecule has 0 aliphatic heterocycles. The predicted molar refractivity (Wildman–Crippen MR) is 102 cm³/mol. The number of hydrogen-bond acceptors (Lipinski definition) is 3. The summed E-state index contributed by atoms with van der Waals surface area (Å²) >= 11 is 0. The van der Waals surface area contributed by atoms with Gasteiger partial charge in [-0.05, 0) is 64.4 Å². The zero-order valence-electron chi connectivity index (χ0n) is 16.4. The highest BCUT2D eigenvalue weighted by atomic mass is 16.5. The van der Waals surface area contributed by atoms with E-state index in [0.29, 0.717) is 5.92 Å². The number of carbonyl (C=O) groups excluding carboxylic acids is 1. The molecule has 0 aromatic rings. The van der Waals surface area contributed by atoms with Gasteiger partial charge in [-0.15, -0.1) is 0 Å². The van der Waals surface area contributed by atoms with Gasteiger partial charge in [-0.3, -0.25) is 4.79 Å². The Kier molecular flexibility index (Phi) is 6.67. The van der Waals surface area contributed by atoms with Crippen molar-refractivity contribution in [1.82, 2.24) is 0 Å². The summed E-state index contributed by atoms with van der Waals surface area (Å²) in [7, 11) is 0. The molecule has 140 valence electrons. The van der Waals surface area contributed by atoms with Crippen molar-refractivity contribution in [2.75, 3.05) is 0 Å². The minimum atomic E-state index is -0.400. The third-order valence-corrected chi connectivity index (χ3v) is 5.98. The molecule has 2 rings (SSSR count). The summed E-state index contributed by atoms with van der Waals surface area (Å²) in [6.07, 6.45) is 7.63. The van der Waals surface area contributed by atoms with E-state index >= 15 is 0 Å². The van der Waals surface area contributed by atoms with Crippen molar-refractivity contribution in [3.05, 3.63) is 35.5 Å². The van der Waals surface area contributed by atoms with Gasteiger partial charge in [-0.25, -0.2) is 0 Å². The van der Waals surface area contributed by atoms with Crippen LogP contribution in [0.15, 0.2) is 35.5 Å². The smallest absolute Gasteiger partial charge is 0.303 e. The quantitative estimate of drug-likeness (QED) is 0.573. The van der Waals surface area contributed by atoms with Crippen LogP contribution in [0, 0.1) is 23.7 Å². The third-order valence-electron chi connectivity index (χ3n) is 5.98. The maximum Gasteiger partial charge on any atom is 0.303 e. The second-order valence-corrected chi connectivity index (χ2v) is 8.22. The lowest BCUT2D eigenvalue weighted by molar-refractivity contribution is -0.146. The lowest BCUT2D eigenvalue weighted by atomic mass is 9.76. The summed E-state index contributed by atoms with van der Waals surface area (Å²) in [5.74, 6) is 0.492. The molecule has 1 saturated carbocycles. The first-order valence-corrected chi connectivity index (χ1v) is 9.57. The van der Waals surface area contributed by atoms with Crippen LogP contribution in [0.5, 0.6) is 0 Å². The van der Waals surface area contributed by atoms with Crippen molar-refractivity contribution in [1.29, 1.82) is 0 Å². The molecule has 0 saturated heterocycles. The molecule has 2 aliphatic rings. The molecule has 3 heteroatoms. The number of carbonyl (C=O) groups is 1. The first kappa shape index (κ1) is 20.0. The Bertz CT molecular complexity index is 568. The molecule has 0 spiro atoms. The summed E-state index contributed by atoms with van der Waals surface area (Å²) in [5, 5.41) is 11.2. The summed E-state index contributed by atoms with van der Waals surface area (Å²) in [5.41, 5.74) is 3.59. The van der Waals surface area contributed by atoms with Crippen LogP contribution in [0.3, 0.4) is 0 Å². The Labute approximate surface area is 152 Å². The van der Waals surface area contributed by atoms with Crippen LogP contribution >= 0.6 is 0 Å². The number of hydrogen-bond donors (Lipinski definition) is 1. The van der Waals surface area contributed by atoms with Gasteiger partial charge >= 0.3 is 5.97 Å². The summed E-state index contributed by atoms with van der Waals surface area (Å²) in [4.78, 5) is 11.5. The van der Waals surface area contributed by atoms with E-state index in [4.69, 9.17) is 4.74 Å². The fourth-order valence-electron chi connectivity index (χ4n) is 4.65. The number of ether oxygens (including phenoxy) is 1. The highest BCUT2D eigenvalue weighted by molar-refractivity contribution is 5.66. The number of rotatable bonds is 5. The van der Waals surface area contributed by atoms with E-state index in [-0.39, 0.29) is 29.8 Å². The molecular weight excluding hydrogens is 312 g/mol. The molecule has 3 nitrogen and oxygen atoms in total. The SMILES string of the molecule is C=C1CCC(C(C)CCC=C(C)C)C(O)C2C(C)=CC(OC(C)=O)C12. The second kappa shape index (κ2) is 8.35. The minimum absolute atomic E-state index is 0.0221. The molecule has 6 unspecified atom stereocenters. The Hall–Kier alpha value is -1.35. The molecule has 0 aromatic heterocycles. The fourth-order valence-corrected chi connectivity index (χ4v) is 4.65. The van der Waals surface area contributed by atoms with E-state index in [0.717, 1.165) is 36.8 Å². The van der Waals surface area contributed by atoms with Crippen LogP contribution in [0.1, 0.15) is 60.3 Å². The van der Waals surface area contributed by atoms with E-state index in [1.54, 1.807) is 0 Å². The number of aliphatic hydroxyl groups excluding tert-OH is 1. The second-order valence-electron chi connectivity index (χ2n) is 8.22. The molecule has 6 atom stereocenters.